The molecule has 0 aliphatic rings. The lowest BCUT2D eigenvalue weighted by Crippen LogP contribution is -2.14. The van der Waals surface area contributed by atoms with Crippen LogP contribution in [-0.4, -0.2) is 16.9 Å². The number of carbonyl (C=O) groups is 2. The van der Waals surface area contributed by atoms with Crippen LogP contribution in [0.3, 0.4) is 0 Å². The first-order chi connectivity index (χ1) is 6.16. The number of carboxylic acids is 1. The molecular formula is C9H7ClO3. The molecule has 0 heterocycles. The second kappa shape index (κ2) is 4.05. The number of halogens is 1. The molecule has 1 aromatic rings. The van der Waals surface area contributed by atoms with Crippen LogP contribution in [0.15, 0.2) is 24.3 Å². The number of Topliss-reactive ketones (excluding diaryl/α,β-unsaturated/α-hetero) is 1. The van der Waals surface area contributed by atoms with Gasteiger partial charge in [-0.05, 0) is 5.56 Å². The minimum atomic E-state index is -1.46. The summed E-state index contributed by atoms with van der Waals surface area (Å²) in [6.07, 6.45) is 0. The Kier molecular flexibility index (Phi) is 3.03. The first-order valence-corrected chi connectivity index (χ1v) is 4.11. The van der Waals surface area contributed by atoms with Crippen LogP contribution in [0, 0.1) is 0 Å². The van der Waals surface area contributed by atoms with Gasteiger partial charge in [-0.15, -0.1) is 11.6 Å². The molecule has 0 aliphatic heterocycles. The van der Waals surface area contributed by atoms with Crippen LogP contribution in [0.2, 0.25) is 0 Å². The third-order valence-corrected chi connectivity index (χ3v) is 1.89. The standard InChI is InChI=1S/C9H7ClO3/c10-5-6-3-1-2-4-7(6)8(11)9(12)13/h1-4H,5H2,(H,12,13). The molecule has 1 rings (SSSR count). The zero-order chi connectivity index (χ0) is 9.84. The van der Waals surface area contributed by atoms with Crippen molar-refractivity contribution in [1.82, 2.24) is 0 Å². The molecule has 0 radical (unpaired) electrons. The number of alkyl halides is 1. The van der Waals surface area contributed by atoms with Gasteiger partial charge in [0.05, 0.1) is 0 Å². The molecule has 0 aliphatic carbocycles. The molecule has 1 aromatic carbocycles. The number of aliphatic carboxylic acids is 1. The molecule has 4 heteroatoms. The number of hydrogen-bond donors (Lipinski definition) is 1. The van der Waals surface area contributed by atoms with E-state index in [0.717, 1.165) is 0 Å². The summed E-state index contributed by atoms with van der Waals surface area (Å²) in [6.45, 7) is 0. The number of carbonyl (C=O) groups excluding carboxylic acids is 1. The molecule has 0 spiro atoms. The Hall–Kier alpha value is -1.35. The molecule has 0 bridgehead atoms. The highest BCUT2D eigenvalue weighted by Gasteiger charge is 2.16. The van der Waals surface area contributed by atoms with E-state index >= 15 is 0 Å². The van der Waals surface area contributed by atoms with Gasteiger partial charge < -0.3 is 5.11 Å². The fraction of sp³-hybridized carbons (Fsp3) is 0.111. The van der Waals surface area contributed by atoms with Crippen molar-refractivity contribution in [3.05, 3.63) is 35.4 Å². The smallest absolute Gasteiger partial charge is 0.377 e. The number of ketones is 1. The Morgan fingerprint density at radius 2 is 1.92 bits per heavy atom. The minimum Gasteiger partial charge on any atom is -0.475 e. The van der Waals surface area contributed by atoms with E-state index in [4.69, 9.17) is 16.7 Å². The van der Waals surface area contributed by atoms with E-state index in [1.54, 1.807) is 18.2 Å². The van der Waals surface area contributed by atoms with Gasteiger partial charge in [-0.25, -0.2) is 4.79 Å². The quantitative estimate of drug-likeness (QED) is 0.457. The van der Waals surface area contributed by atoms with Gasteiger partial charge in [-0.2, -0.15) is 0 Å². The van der Waals surface area contributed by atoms with E-state index in [-0.39, 0.29) is 11.4 Å². The van der Waals surface area contributed by atoms with Gasteiger partial charge in [0.2, 0.25) is 0 Å². The fourth-order valence-corrected chi connectivity index (χ4v) is 1.21. The molecule has 3 nitrogen and oxygen atoms in total. The summed E-state index contributed by atoms with van der Waals surface area (Å²) < 4.78 is 0. The summed E-state index contributed by atoms with van der Waals surface area (Å²) in [7, 11) is 0. The normalized spacial score (nSPS) is 9.62. The third kappa shape index (κ3) is 2.06. The van der Waals surface area contributed by atoms with E-state index in [0.29, 0.717) is 5.56 Å². The van der Waals surface area contributed by atoms with Gasteiger partial charge in [0, 0.05) is 11.4 Å². The van der Waals surface area contributed by atoms with Crippen LogP contribution in [0.25, 0.3) is 0 Å². The highest BCUT2D eigenvalue weighted by molar-refractivity contribution is 6.40. The maximum Gasteiger partial charge on any atom is 0.377 e. The summed E-state index contributed by atoms with van der Waals surface area (Å²) in [5.41, 5.74) is 0.696. The van der Waals surface area contributed by atoms with Gasteiger partial charge in [-0.3, -0.25) is 4.79 Å². The van der Waals surface area contributed by atoms with Gasteiger partial charge in [0.1, 0.15) is 0 Å². The Labute approximate surface area is 79.9 Å². The van der Waals surface area contributed by atoms with Crippen molar-refractivity contribution in [2.24, 2.45) is 0 Å². The van der Waals surface area contributed by atoms with Crippen LogP contribution < -0.4 is 0 Å². The van der Waals surface area contributed by atoms with Crippen molar-refractivity contribution >= 4 is 23.4 Å². The summed E-state index contributed by atoms with van der Waals surface area (Å²) in [4.78, 5) is 21.4. The van der Waals surface area contributed by atoms with Gasteiger partial charge >= 0.3 is 5.97 Å². The minimum absolute atomic E-state index is 0.134. The van der Waals surface area contributed by atoms with E-state index < -0.39 is 11.8 Å². The highest BCUT2D eigenvalue weighted by Crippen LogP contribution is 2.11. The number of benzene rings is 1. The Balaban J connectivity index is 3.13. The molecule has 0 unspecified atom stereocenters. The topological polar surface area (TPSA) is 54.4 Å². The molecule has 0 amide bonds. The van der Waals surface area contributed by atoms with Crippen LogP contribution in [0.4, 0.5) is 0 Å². The van der Waals surface area contributed by atoms with Crippen LogP contribution in [0.1, 0.15) is 15.9 Å². The van der Waals surface area contributed by atoms with Crippen LogP contribution in [-0.2, 0) is 10.7 Å². The monoisotopic (exact) mass is 198 g/mol. The Morgan fingerprint density at radius 1 is 1.31 bits per heavy atom. The molecular weight excluding hydrogens is 192 g/mol. The predicted octanol–water partition coefficient (Wildman–Crippen LogP) is 1.69. The van der Waals surface area contributed by atoms with E-state index in [9.17, 15) is 9.59 Å². The zero-order valence-electron chi connectivity index (χ0n) is 6.66. The maximum atomic E-state index is 11.1. The third-order valence-electron chi connectivity index (χ3n) is 1.60. The van der Waals surface area contributed by atoms with Crippen LogP contribution in [0.5, 0.6) is 0 Å². The zero-order valence-corrected chi connectivity index (χ0v) is 7.41. The summed E-state index contributed by atoms with van der Waals surface area (Å²) in [5.74, 6) is -2.25. The van der Waals surface area contributed by atoms with E-state index in [2.05, 4.69) is 0 Å². The average molecular weight is 199 g/mol. The molecule has 0 aromatic heterocycles. The molecule has 13 heavy (non-hydrogen) atoms. The van der Waals surface area contributed by atoms with E-state index in [1.807, 2.05) is 0 Å². The molecule has 0 saturated carbocycles. The molecule has 0 atom stereocenters. The average Bonchev–Trinajstić information content (AvgIpc) is 2.16. The number of hydrogen-bond acceptors (Lipinski definition) is 2. The Bertz CT molecular complexity index is 346. The molecule has 1 N–H and O–H groups in total. The predicted molar refractivity (Wildman–Crippen MR) is 48.0 cm³/mol. The lowest BCUT2D eigenvalue weighted by Gasteiger charge is -2.01. The lowest BCUT2D eigenvalue weighted by atomic mass is 10.1. The highest BCUT2D eigenvalue weighted by atomic mass is 35.5. The maximum absolute atomic E-state index is 11.1. The first-order valence-electron chi connectivity index (χ1n) is 3.58. The molecule has 68 valence electrons. The molecule has 0 saturated heterocycles. The van der Waals surface area contributed by atoms with Gasteiger partial charge in [0.15, 0.2) is 0 Å². The lowest BCUT2D eigenvalue weighted by molar-refractivity contribution is -0.131. The van der Waals surface area contributed by atoms with Crippen molar-refractivity contribution < 1.29 is 14.7 Å². The van der Waals surface area contributed by atoms with E-state index in [1.165, 1.54) is 6.07 Å². The SMILES string of the molecule is O=C(O)C(=O)c1ccccc1CCl. The van der Waals surface area contributed by atoms with Crippen molar-refractivity contribution in [1.29, 1.82) is 0 Å². The van der Waals surface area contributed by atoms with Crippen molar-refractivity contribution in [3.63, 3.8) is 0 Å². The Morgan fingerprint density at radius 3 is 2.46 bits per heavy atom. The second-order valence-electron chi connectivity index (χ2n) is 2.43. The summed E-state index contributed by atoms with van der Waals surface area (Å²) >= 11 is 5.54. The van der Waals surface area contributed by atoms with Crippen LogP contribution >= 0.6 is 11.6 Å². The number of rotatable bonds is 3. The fourth-order valence-electron chi connectivity index (χ4n) is 0.974. The summed E-state index contributed by atoms with van der Waals surface area (Å²) in [5, 5.41) is 8.46. The second-order valence-corrected chi connectivity index (χ2v) is 2.69. The number of carboxylic acid groups (broad SMARTS) is 1. The summed E-state index contributed by atoms with van der Waals surface area (Å²) in [6, 6.07) is 6.39. The van der Waals surface area contributed by atoms with Crippen molar-refractivity contribution in [3.8, 4) is 0 Å². The van der Waals surface area contributed by atoms with Gasteiger partial charge in [-0.1, -0.05) is 24.3 Å². The largest absolute Gasteiger partial charge is 0.475 e. The van der Waals surface area contributed by atoms with Crippen molar-refractivity contribution in [2.75, 3.05) is 0 Å². The van der Waals surface area contributed by atoms with Crippen molar-refractivity contribution in [2.45, 2.75) is 5.88 Å². The molecule has 0 fully saturated rings. The van der Waals surface area contributed by atoms with Gasteiger partial charge in [0.25, 0.3) is 5.78 Å². The first kappa shape index (κ1) is 9.74.